The van der Waals surface area contributed by atoms with Crippen LogP contribution in [0.2, 0.25) is 0 Å². The van der Waals surface area contributed by atoms with Gasteiger partial charge in [-0.1, -0.05) is 35.8 Å². The van der Waals surface area contributed by atoms with E-state index in [0.717, 1.165) is 17.6 Å². The van der Waals surface area contributed by atoms with E-state index in [2.05, 4.69) is 52.9 Å². The Kier molecular flexibility index (Phi) is 4.57. The maximum absolute atomic E-state index is 5.96. The maximum atomic E-state index is 5.96. The van der Waals surface area contributed by atoms with E-state index in [1.54, 1.807) is 0 Å². The molecule has 0 aliphatic carbocycles. The predicted octanol–water partition coefficient (Wildman–Crippen LogP) is 4.49. The van der Waals surface area contributed by atoms with E-state index in [1.165, 1.54) is 30.5 Å². The smallest absolute Gasteiger partial charge is 0.0377 e. The molecule has 1 aromatic rings. The van der Waals surface area contributed by atoms with Crippen molar-refractivity contribution in [2.24, 2.45) is 11.1 Å². The average molecular weight is 325 g/mol. The van der Waals surface area contributed by atoms with Crippen molar-refractivity contribution in [1.82, 2.24) is 0 Å². The van der Waals surface area contributed by atoms with Gasteiger partial charge in [-0.2, -0.15) is 0 Å². The summed E-state index contributed by atoms with van der Waals surface area (Å²) in [5.41, 5.74) is 8.94. The standard InChI is InChI=1S/C16H25BrN2/c1-12(18)14-6-5-13(11-15(14)17)19-9-4-7-16(2,3)8-10-19/h5-6,11-12H,4,7-10,18H2,1-3H3/t12-/m0/s1. The minimum atomic E-state index is 0.0755. The molecule has 0 spiro atoms. The fraction of sp³-hybridized carbons (Fsp3) is 0.625. The van der Waals surface area contributed by atoms with Crippen molar-refractivity contribution in [2.75, 3.05) is 18.0 Å². The molecule has 106 valence electrons. The third kappa shape index (κ3) is 3.73. The summed E-state index contributed by atoms with van der Waals surface area (Å²) in [6.45, 7) is 9.09. The molecule has 2 rings (SSSR count). The van der Waals surface area contributed by atoms with Crippen LogP contribution in [0, 0.1) is 5.41 Å². The van der Waals surface area contributed by atoms with Crippen LogP contribution in [0.25, 0.3) is 0 Å². The van der Waals surface area contributed by atoms with Gasteiger partial charge in [0.05, 0.1) is 0 Å². The molecule has 0 bridgehead atoms. The van der Waals surface area contributed by atoms with Gasteiger partial charge in [-0.25, -0.2) is 0 Å². The number of halogens is 1. The zero-order valence-electron chi connectivity index (χ0n) is 12.2. The summed E-state index contributed by atoms with van der Waals surface area (Å²) >= 11 is 3.65. The van der Waals surface area contributed by atoms with Crippen molar-refractivity contribution < 1.29 is 0 Å². The van der Waals surface area contributed by atoms with Crippen molar-refractivity contribution in [3.63, 3.8) is 0 Å². The molecule has 1 aromatic carbocycles. The molecular formula is C16H25BrN2. The molecule has 0 saturated carbocycles. The predicted molar refractivity (Wildman–Crippen MR) is 86.6 cm³/mol. The molecule has 0 radical (unpaired) electrons. The van der Waals surface area contributed by atoms with E-state index in [1.807, 2.05) is 6.92 Å². The van der Waals surface area contributed by atoms with Gasteiger partial charge in [-0.3, -0.25) is 0 Å². The molecule has 3 heteroatoms. The normalized spacial score (nSPS) is 21.0. The van der Waals surface area contributed by atoms with Gasteiger partial charge in [0.25, 0.3) is 0 Å². The highest BCUT2D eigenvalue weighted by Crippen LogP contribution is 2.33. The molecule has 1 fully saturated rings. The zero-order valence-corrected chi connectivity index (χ0v) is 13.8. The Morgan fingerprint density at radius 3 is 2.63 bits per heavy atom. The molecule has 1 saturated heterocycles. The topological polar surface area (TPSA) is 29.3 Å². The Morgan fingerprint density at radius 1 is 1.26 bits per heavy atom. The second kappa shape index (κ2) is 5.84. The van der Waals surface area contributed by atoms with Gasteiger partial charge in [-0.15, -0.1) is 0 Å². The van der Waals surface area contributed by atoms with Crippen molar-refractivity contribution >= 4 is 21.6 Å². The highest BCUT2D eigenvalue weighted by atomic mass is 79.9. The highest BCUT2D eigenvalue weighted by molar-refractivity contribution is 9.10. The van der Waals surface area contributed by atoms with E-state index in [4.69, 9.17) is 5.73 Å². The molecule has 19 heavy (non-hydrogen) atoms. The first kappa shape index (κ1) is 14.9. The molecule has 1 aliphatic heterocycles. The van der Waals surface area contributed by atoms with Crippen LogP contribution in [0.15, 0.2) is 22.7 Å². The second-order valence-corrected chi connectivity index (χ2v) is 7.35. The molecular weight excluding hydrogens is 300 g/mol. The Labute approximate surface area is 125 Å². The van der Waals surface area contributed by atoms with Gasteiger partial charge < -0.3 is 10.6 Å². The van der Waals surface area contributed by atoms with Gasteiger partial charge >= 0.3 is 0 Å². The van der Waals surface area contributed by atoms with E-state index in [9.17, 15) is 0 Å². The minimum absolute atomic E-state index is 0.0755. The summed E-state index contributed by atoms with van der Waals surface area (Å²) in [7, 11) is 0. The van der Waals surface area contributed by atoms with E-state index in [0.29, 0.717) is 5.41 Å². The highest BCUT2D eigenvalue weighted by Gasteiger charge is 2.23. The van der Waals surface area contributed by atoms with Gasteiger partial charge in [0.1, 0.15) is 0 Å². The summed E-state index contributed by atoms with van der Waals surface area (Å²) < 4.78 is 1.13. The van der Waals surface area contributed by atoms with Gasteiger partial charge in [0.2, 0.25) is 0 Å². The summed E-state index contributed by atoms with van der Waals surface area (Å²) in [6.07, 6.45) is 3.86. The molecule has 2 nitrogen and oxygen atoms in total. The largest absolute Gasteiger partial charge is 0.371 e. The number of benzene rings is 1. The fourth-order valence-electron chi connectivity index (χ4n) is 2.76. The molecule has 2 N–H and O–H groups in total. The lowest BCUT2D eigenvalue weighted by atomic mass is 9.85. The summed E-state index contributed by atoms with van der Waals surface area (Å²) in [5, 5.41) is 0. The third-order valence-electron chi connectivity index (χ3n) is 4.18. The van der Waals surface area contributed by atoms with Crippen LogP contribution in [0.3, 0.4) is 0 Å². The summed E-state index contributed by atoms with van der Waals surface area (Å²) in [6, 6.07) is 6.66. The van der Waals surface area contributed by atoms with Crippen LogP contribution >= 0.6 is 15.9 Å². The Hall–Kier alpha value is -0.540. The first-order chi connectivity index (χ1) is 8.89. The monoisotopic (exact) mass is 324 g/mol. The first-order valence-corrected chi connectivity index (χ1v) is 7.98. The number of hydrogen-bond acceptors (Lipinski definition) is 2. The van der Waals surface area contributed by atoms with Crippen molar-refractivity contribution in [3.8, 4) is 0 Å². The first-order valence-electron chi connectivity index (χ1n) is 7.19. The SMILES string of the molecule is C[C@H](N)c1ccc(N2CCCC(C)(C)CC2)cc1Br. The van der Waals surface area contributed by atoms with Crippen LogP contribution in [0.1, 0.15) is 51.6 Å². The second-order valence-electron chi connectivity index (χ2n) is 6.50. The van der Waals surface area contributed by atoms with Crippen LogP contribution in [0.4, 0.5) is 5.69 Å². The quantitative estimate of drug-likeness (QED) is 0.868. The Bertz CT molecular complexity index is 440. The van der Waals surface area contributed by atoms with Gasteiger partial charge in [0, 0.05) is 29.3 Å². The lowest BCUT2D eigenvalue weighted by molar-refractivity contribution is 0.325. The zero-order chi connectivity index (χ0) is 14.0. The van der Waals surface area contributed by atoms with Crippen molar-refractivity contribution in [1.29, 1.82) is 0 Å². The van der Waals surface area contributed by atoms with E-state index in [-0.39, 0.29) is 6.04 Å². The van der Waals surface area contributed by atoms with Gasteiger partial charge in [-0.05, 0) is 49.3 Å². The van der Waals surface area contributed by atoms with Crippen LogP contribution in [-0.2, 0) is 0 Å². The molecule has 0 amide bonds. The van der Waals surface area contributed by atoms with Crippen molar-refractivity contribution in [2.45, 2.75) is 46.1 Å². The molecule has 1 atom stereocenters. The lowest BCUT2D eigenvalue weighted by Gasteiger charge is -2.25. The summed E-state index contributed by atoms with van der Waals surface area (Å²) in [4.78, 5) is 2.50. The summed E-state index contributed by atoms with van der Waals surface area (Å²) in [5.74, 6) is 0. The Morgan fingerprint density at radius 2 is 2.00 bits per heavy atom. The van der Waals surface area contributed by atoms with E-state index >= 15 is 0 Å². The fourth-order valence-corrected chi connectivity index (χ4v) is 3.49. The minimum Gasteiger partial charge on any atom is -0.371 e. The number of hydrogen-bond donors (Lipinski definition) is 1. The van der Waals surface area contributed by atoms with Crippen LogP contribution in [-0.4, -0.2) is 13.1 Å². The van der Waals surface area contributed by atoms with Gasteiger partial charge in [0.15, 0.2) is 0 Å². The Balaban J connectivity index is 2.16. The third-order valence-corrected chi connectivity index (χ3v) is 4.87. The van der Waals surface area contributed by atoms with E-state index < -0.39 is 0 Å². The molecule has 1 heterocycles. The van der Waals surface area contributed by atoms with Crippen LogP contribution < -0.4 is 10.6 Å². The van der Waals surface area contributed by atoms with Crippen LogP contribution in [0.5, 0.6) is 0 Å². The number of nitrogens with zero attached hydrogens (tertiary/aromatic N) is 1. The maximum Gasteiger partial charge on any atom is 0.0377 e. The molecule has 0 unspecified atom stereocenters. The average Bonchev–Trinajstić information content (AvgIpc) is 2.49. The van der Waals surface area contributed by atoms with Crippen molar-refractivity contribution in [3.05, 3.63) is 28.2 Å². The molecule has 1 aliphatic rings. The number of nitrogens with two attached hydrogens (primary N) is 1. The lowest BCUT2D eigenvalue weighted by Crippen LogP contribution is -2.25. The number of rotatable bonds is 2. The number of anilines is 1. The molecule has 0 aromatic heterocycles.